The van der Waals surface area contributed by atoms with Crippen LogP contribution >= 0.6 is 0 Å². The van der Waals surface area contributed by atoms with E-state index in [0.717, 1.165) is 22.9 Å². The average Bonchev–Trinajstić information content (AvgIpc) is 3.46. The molecule has 0 aliphatic carbocycles. The van der Waals surface area contributed by atoms with Crippen molar-refractivity contribution in [2.24, 2.45) is 0 Å². The molecule has 0 saturated carbocycles. The number of carbonyl (C=O) groups is 2. The summed E-state index contributed by atoms with van der Waals surface area (Å²) in [6, 6.07) is 8.00. The van der Waals surface area contributed by atoms with Gasteiger partial charge >= 0.3 is 18.3 Å². The number of nitrogens with zero attached hydrogens (tertiary/aromatic N) is 3. The molecule has 2 heterocycles. The van der Waals surface area contributed by atoms with Crippen molar-refractivity contribution in [1.82, 2.24) is 15.1 Å². The third-order valence-corrected chi connectivity index (χ3v) is 6.44. The van der Waals surface area contributed by atoms with Crippen molar-refractivity contribution >= 4 is 17.7 Å². The van der Waals surface area contributed by atoms with E-state index in [0.29, 0.717) is 5.56 Å². The molecule has 0 spiro atoms. The molecule has 1 aliphatic rings. The Morgan fingerprint density at radius 3 is 2.33 bits per heavy atom. The van der Waals surface area contributed by atoms with Gasteiger partial charge in [-0.3, -0.25) is 4.79 Å². The molecule has 2 atom stereocenters. The number of rotatable bonds is 7. The van der Waals surface area contributed by atoms with Crippen LogP contribution in [0.4, 0.5) is 36.6 Å². The maximum Gasteiger partial charge on any atom is 0.436 e. The Balaban J connectivity index is 1.69. The highest BCUT2D eigenvalue weighted by atomic mass is 19.4. The van der Waals surface area contributed by atoms with Crippen LogP contribution in [-0.2, 0) is 23.6 Å². The van der Waals surface area contributed by atoms with Crippen molar-refractivity contribution in [3.8, 4) is 0 Å². The van der Waals surface area contributed by atoms with Gasteiger partial charge in [0.1, 0.15) is 24.1 Å². The first-order valence-electron chi connectivity index (χ1n) is 11.9. The zero-order valence-corrected chi connectivity index (χ0v) is 21.1. The van der Waals surface area contributed by atoms with Crippen molar-refractivity contribution in [2.75, 3.05) is 25.2 Å². The van der Waals surface area contributed by atoms with Crippen molar-refractivity contribution in [2.45, 2.75) is 37.9 Å². The Bertz CT molecular complexity index is 1400. The number of hydrogen-bond donors (Lipinski definition) is 1. The lowest BCUT2D eigenvalue weighted by Crippen LogP contribution is -2.31. The van der Waals surface area contributed by atoms with E-state index in [4.69, 9.17) is 0 Å². The number of fused-ring (bicyclic) bond motifs is 1. The van der Waals surface area contributed by atoms with E-state index in [9.17, 15) is 40.3 Å². The SMILES string of the molecule is COC(=O)c1ccc([C@H](C)NC(=O)c2c(C(F)(F)F)nn3c2N(Cc2cccc(C(F)(F)F)c2)CC3CF)cc1. The van der Waals surface area contributed by atoms with Gasteiger partial charge in [-0.1, -0.05) is 24.3 Å². The third kappa shape index (κ3) is 5.75. The largest absolute Gasteiger partial charge is 0.465 e. The Hall–Kier alpha value is -4.10. The predicted octanol–water partition coefficient (Wildman–Crippen LogP) is 5.73. The molecule has 0 radical (unpaired) electrons. The number of halogens is 7. The number of ether oxygens (including phenoxy) is 1. The van der Waals surface area contributed by atoms with Gasteiger partial charge in [-0.15, -0.1) is 0 Å². The second kappa shape index (κ2) is 10.8. The molecule has 0 fully saturated rings. The van der Waals surface area contributed by atoms with E-state index in [2.05, 4.69) is 15.2 Å². The van der Waals surface area contributed by atoms with Crippen molar-refractivity contribution in [3.63, 3.8) is 0 Å². The van der Waals surface area contributed by atoms with Crippen LogP contribution in [0, 0.1) is 0 Å². The van der Waals surface area contributed by atoms with Crippen LogP contribution in [0.5, 0.6) is 0 Å². The highest BCUT2D eigenvalue weighted by molar-refractivity contribution is 6.01. The fourth-order valence-electron chi connectivity index (χ4n) is 4.51. The summed E-state index contributed by atoms with van der Waals surface area (Å²) in [7, 11) is 1.20. The average molecular weight is 572 g/mol. The third-order valence-electron chi connectivity index (χ3n) is 6.44. The van der Waals surface area contributed by atoms with Gasteiger partial charge in [0, 0.05) is 13.1 Å². The Morgan fingerprint density at radius 1 is 1.07 bits per heavy atom. The van der Waals surface area contributed by atoms with Gasteiger partial charge in [0.25, 0.3) is 5.91 Å². The number of methoxy groups -OCH3 is 1. The number of aromatic nitrogens is 2. The molecule has 2 aromatic carbocycles. The minimum Gasteiger partial charge on any atom is -0.465 e. The quantitative estimate of drug-likeness (QED) is 0.289. The molecule has 7 nitrogen and oxygen atoms in total. The number of esters is 1. The number of hydrogen-bond acceptors (Lipinski definition) is 5. The van der Waals surface area contributed by atoms with Crippen molar-refractivity contribution in [1.29, 1.82) is 0 Å². The molecule has 1 aromatic heterocycles. The van der Waals surface area contributed by atoms with Crippen LogP contribution in [-0.4, -0.2) is 42.0 Å². The monoisotopic (exact) mass is 572 g/mol. The van der Waals surface area contributed by atoms with E-state index < -0.39 is 59.8 Å². The van der Waals surface area contributed by atoms with E-state index >= 15 is 0 Å². The molecular formula is C26H23F7N4O3. The highest BCUT2D eigenvalue weighted by Crippen LogP contribution is 2.42. The first-order chi connectivity index (χ1) is 18.7. The van der Waals surface area contributed by atoms with Crippen LogP contribution in [0.15, 0.2) is 48.5 Å². The number of carbonyl (C=O) groups excluding carboxylic acids is 2. The zero-order valence-electron chi connectivity index (χ0n) is 21.1. The van der Waals surface area contributed by atoms with Crippen LogP contribution in [0.25, 0.3) is 0 Å². The summed E-state index contributed by atoms with van der Waals surface area (Å²) < 4.78 is 101. The maximum absolute atomic E-state index is 14.0. The summed E-state index contributed by atoms with van der Waals surface area (Å²) in [5.74, 6) is -2.11. The standard InChI is InChI=1S/C26H23F7N4O3/c1-14(16-6-8-17(9-7-16)24(39)40-2)34-22(38)20-21(26(31,32)33)35-37-19(11-27)13-36(23(20)37)12-15-4-3-5-18(10-15)25(28,29)30/h3-10,14,19H,11-13H2,1-2H3,(H,34,38)/t14-,19?/m0/s1. The molecule has 1 unspecified atom stereocenters. The van der Waals surface area contributed by atoms with Crippen molar-refractivity contribution in [3.05, 3.63) is 82.0 Å². The lowest BCUT2D eigenvalue weighted by molar-refractivity contribution is -0.142. The maximum atomic E-state index is 14.0. The number of benzene rings is 2. The summed E-state index contributed by atoms with van der Waals surface area (Å²) in [5, 5.41) is 5.99. The van der Waals surface area contributed by atoms with Crippen LogP contribution < -0.4 is 10.2 Å². The van der Waals surface area contributed by atoms with Crippen LogP contribution in [0.2, 0.25) is 0 Å². The number of nitrogens with one attached hydrogen (secondary N) is 1. The topological polar surface area (TPSA) is 76.5 Å². The summed E-state index contributed by atoms with van der Waals surface area (Å²) >= 11 is 0. The second-order valence-electron chi connectivity index (χ2n) is 9.19. The van der Waals surface area contributed by atoms with Crippen LogP contribution in [0.1, 0.15) is 62.1 Å². The van der Waals surface area contributed by atoms with Crippen molar-refractivity contribution < 1.29 is 45.1 Å². The van der Waals surface area contributed by atoms with Gasteiger partial charge in [-0.2, -0.15) is 31.4 Å². The number of amides is 1. The summed E-state index contributed by atoms with van der Waals surface area (Å²) in [6.07, 6.45) is -9.73. The van der Waals surface area contributed by atoms with Crippen LogP contribution in [0.3, 0.4) is 0 Å². The van der Waals surface area contributed by atoms with Gasteiger partial charge < -0.3 is 15.0 Å². The molecule has 1 aliphatic heterocycles. The Kier molecular flexibility index (Phi) is 7.81. The Morgan fingerprint density at radius 2 is 1.75 bits per heavy atom. The molecule has 214 valence electrons. The summed E-state index contributed by atoms with van der Waals surface area (Å²) in [5.41, 5.74) is -2.59. The minimum absolute atomic E-state index is 0.0982. The molecular weight excluding hydrogens is 549 g/mol. The molecule has 4 rings (SSSR count). The highest BCUT2D eigenvalue weighted by Gasteiger charge is 2.46. The summed E-state index contributed by atoms with van der Waals surface area (Å²) in [4.78, 5) is 26.2. The molecule has 40 heavy (non-hydrogen) atoms. The molecule has 0 saturated heterocycles. The fourth-order valence-corrected chi connectivity index (χ4v) is 4.51. The first kappa shape index (κ1) is 28.9. The van der Waals surface area contributed by atoms with Gasteiger partial charge in [0.2, 0.25) is 0 Å². The normalized spacial score (nSPS) is 16.0. The van der Waals surface area contributed by atoms with E-state index in [1.54, 1.807) is 0 Å². The smallest absolute Gasteiger partial charge is 0.436 e. The molecule has 14 heteroatoms. The fraction of sp³-hybridized carbons (Fsp3) is 0.346. The molecule has 3 aromatic rings. The Labute approximate surface area is 223 Å². The first-order valence-corrected chi connectivity index (χ1v) is 11.9. The number of anilines is 1. The number of alkyl halides is 7. The minimum atomic E-state index is -5.09. The summed E-state index contributed by atoms with van der Waals surface area (Å²) in [6.45, 7) is -0.145. The van der Waals surface area contributed by atoms with Gasteiger partial charge in [-0.05, 0) is 42.3 Å². The van der Waals surface area contributed by atoms with E-state index in [1.807, 2.05) is 0 Å². The molecule has 0 bridgehead atoms. The van der Waals surface area contributed by atoms with E-state index in [-0.39, 0.29) is 30.0 Å². The molecule has 1 amide bonds. The lowest BCUT2D eigenvalue weighted by Gasteiger charge is -2.22. The molecule has 1 N–H and O–H groups in total. The van der Waals surface area contributed by atoms with Gasteiger partial charge in [0.05, 0.1) is 24.3 Å². The lowest BCUT2D eigenvalue weighted by atomic mass is 10.1. The van der Waals surface area contributed by atoms with Gasteiger partial charge in [0.15, 0.2) is 5.69 Å². The van der Waals surface area contributed by atoms with Gasteiger partial charge in [-0.25, -0.2) is 13.9 Å². The zero-order chi connectivity index (χ0) is 29.4. The second-order valence-corrected chi connectivity index (χ2v) is 9.19. The predicted molar refractivity (Wildman–Crippen MR) is 128 cm³/mol. The van der Waals surface area contributed by atoms with E-state index in [1.165, 1.54) is 49.3 Å².